The molecule has 0 unspecified atom stereocenters. The number of aromatic nitrogens is 3. The highest BCUT2D eigenvalue weighted by atomic mass is 79.9. The molecule has 1 fully saturated rings. The van der Waals surface area contributed by atoms with Crippen LogP contribution in [0.15, 0.2) is 17.0 Å². The van der Waals surface area contributed by atoms with Crippen LogP contribution < -0.4 is 5.32 Å². The molecule has 3 rings (SSSR count). The number of fused-ring (bicyclic) bond motifs is 1. The molecule has 1 atom stereocenters. The van der Waals surface area contributed by atoms with E-state index in [1.807, 2.05) is 17.5 Å². The number of imidazole rings is 1. The second kappa shape index (κ2) is 6.83. The van der Waals surface area contributed by atoms with E-state index < -0.39 is 12.1 Å². The molecule has 1 aliphatic rings. The summed E-state index contributed by atoms with van der Waals surface area (Å²) in [6.45, 7) is 3.08. The predicted molar refractivity (Wildman–Crippen MR) is 79.1 cm³/mol. The molecular weight excluding hydrogens is 381 g/mol. The smallest absolute Gasteiger partial charge is 0.475 e. The highest BCUT2D eigenvalue weighted by Gasteiger charge is 2.38. The number of hydrogen-bond acceptors (Lipinski definition) is 4. The fourth-order valence-electron chi connectivity index (χ4n) is 2.24. The molecule has 0 spiro atoms. The van der Waals surface area contributed by atoms with Gasteiger partial charge in [0.25, 0.3) is 0 Å². The number of nitrogens with zero attached hydrogens (tertiary/aromatic N) is 3. The van der Waals surface area contributed by atoms with Gasteiger partial charge in [-0.3, -0.25) is 0 Å². The second-order valence-corrected chi connectivity index (χ2v) is 5.81. The summed E-state index contributed by atoms with van der Waals surface area (Å²) in [5, 5.41) is 10.6. The van der Waals surface area contributed by atoms with Crippen LogP contribution in [0, 0.1) is 6.92 Å². The van der Waals surface area contributed by atoms with E-state index in [2.05, 4.69) is 37.4 Å². The molecule has 2 aromatic heterocycles. The zero-order chi connectivity index (χ0) is 17.2. The Labute approximate surface area is 137 Å². The molecule has 0 aliphatic carbocycles. The number of carbonyl (C=O) groups is 1. The summed E-state index contributed by atoms with van der Waals surface area (Å²) in [7, 11) is 0. The molecule has 10 heteroatoms. The summed E-state index contributed by atoms with van der Waals surface area (Å²) < 4.78 is 34.6. The van der Waals surface area contributed by atoms with Gasteiger partial charge < -0.3 is 14.8 Å². The SMILES string of the molecule is Cc1nc(Br)cn2cc([C@H]3CCCN3)nc12.O=C(O)C(F)(F)F. The second-order valence-electron chi connectivity index (χ2n) is 5.00. The fourth-order valence-corrected chi connectivity index (χ4v) is 2.72. The Morgan fingerprint density at radius 3 is 2.61 bits per heavy atom. The highest BCUT2D eigenvalue weighted by molar-refractivity contribution is 9.10. The summed E-state index contributed by atoms with van der Waals surface area (Å²) in [5.41, 5.74) is 3.03. The number of carboxylic acid groups (broad SMARTS) is 1. The lowest BCUT2D eigenvalue weighted by atomic mass is 10.2. The predicted octanol–water partition coefficient (Wildman–Crippen LogP) is 2.86. The highest BCUT2D eigenvalue weighted by Crippen LogP contribution is 2.23. The van der Waals surface area contributed by atoms with Gasteiger partial charge in [-0.15, -0.1) is 0 Å². The monoisotopic (exact) mass is 394 g/mol. The third-order valence-corrected chi connectivity index (χ3v) is 3.64. The minimum absolute atomic E-state index is 0.415. The van der Waals surface area contributed by atoms with Crippen LogP contribution in [0.4, 0.5) is 13.2 Å². The van der Waals surface area contributed by atoms with E-state index in [-0.39, 0.29) is 0 Å². The van der Waals surface area contributed by atoms with Crippen LogP contribution in [0.3, 0.4) is 0 Å². The molecule has 23 heavy (non-hydrogen) atoms. The molecule has 3 heterocycles. The van der Waals surface area contributed by atoms with Crippen molar-refractivity contribution in [2.45, 2.75) is 32.0 Å². The summed E-state index contributed by atoms with van der Waals surface area (Å²) >= 11 is 3.40. The largest absolute Gasteiger partial charge is 0.490 e. The lowest BCUT2D eigenvalue weighted by Gasteiger charge is -2.04. The fraction of sp³-hybridized carbons (Fsp3) is 0.462. The van der Waals surface area contributed by atoms with Gasteiger partial charge in [-0.2, -0.15) is 13.2 Å². The number of alkyl halides is 3. The van der Waals surface area contributed by atoms with Crippen molar-refractivity contribution in [1.82, 2.24) is 19.7 Å². The number of nitrogens with one attached hydrogen (secondary N) is 1. The number of aliphatic carboxylic acids is 1. The maximum absolute atomic E-state index is 10.6. The van der Waals surface area contributed by atoms with Gasteiger partial charge in [-0.05, 0) is 42.2 Å². The zero-order valence-electron chi connectivity index (χ0n) is 12.1. The third-order valence-electron chi connectivity index (χ3n) is 3.25. The van der Waals surface area contributed by atoms with Crippen LogP contribution in [-0.4, -0.2) is 38.2 Å². The van der Waals surface area contributed by atoms with Crippen LogP contribution >= 0.6 is 15.9 Å². The van der Waals surface area contributed by atoms with E-state index in [0.29, 0.717) is 6.04 Å². The van der Waals surface area contributed by atoms with Gasteiger partial charge in [0.2, 0.25) is 0 Å². The van der Waals surface area contributed by atoms with Gasteiger partial charge in [0.15, 0.2) is 5.65 Å². The van der Waals surface area contributed by atoms with E-state index in [1.54, 1.807) is 0 Å². The molecule has 0 radical (unpaired) electrons. The quantitative estimate of drug-likeness (QED) is 0.777. The number of hydrogen-bond donors (Lipinski definition) is 2. The molecule has 0 aromatic carbocycles. The topological polar surface area (TPSA) is 79.5 Å². The summed E-state index contributed by atoms with van der Waals surface area (Å²) in [4.78, 5) is 17.9. The van der Waals surface area contributed by atoms with Crippen molar-refractivity contribution < 1.29 is 23.1 Å². The number of rotatable bonds is 1. The molecule has 6 nitrogen and oxygen atoms in total. The van der Waals surface area contributed by atoms with E-state index in [4.69, 9.17) is 9.90 Å². The molecule has 1 aliphatic heterocycles. The van der Waals surface area contributed by atoms with Crippen LogP contribution in [0.1, 0.15) is 30.3 Å². The van der Waals surface area contributed by atoms with Crippen LogP contribution in [0.2, 0.25) is 0 Å². The minimum atomic E-state index is -5.08. The van der Waals surface area contributed by atoms with Crippen LogP contribution in [0.5, 0.6) is 0 Å². The molecule has 2 N–H and O–H groups in total. The van der Waals surface area contributed by atoms with Crippen molar-refractivity contribution in [1.29, 1.82) is 0 Å². The Balaban J connectivity index is 0.000000236. The van der Waals surface area contributed by atoms with Crippen molar-refractivity contribution in [2.24, 2.45) is 0 Å². The van der Waals surface area contributed by atoms with E-state index >= 15 is 0 Å². The molecule has 0 amide bonds. The first kappa shape index (κ1) is 17.7. The summed E-state index contributed by atoms with van der Waals surface area (Å²) in [6.07, 6.45) is 1.38. The summed E-state index contributed by atoms with van der Waals surface area (Å²) in [5.74, 6) is -2.76. The summed E-state index contributed by atoms with van der Waals surface area (Å²) in [6, 6.07) is 0.415. The lowest BCUT2D eigenvalue weighted by molar-refractivity contribution is -0.192. The van der Waals surface area contributed by atoms with Crippen molar-refractivity contribution in [3.8, 4) is 0 Å². The minimum Gasteiger partial charge on any atom is -0.475 e. The van der Waals surface area contributed by atoms with E-state index in [1.165, 1.54) is 12.8 Å². The Bertz CT molecular complexity index is 711. The van der Waals surface area contributed by atoms with Crippen molar-refractivity contribution >= 4 is 27.5 Å². The normalized spacial score (nSPS) is 17.9. The molecule has 2 aromatic rings. The van der Waals surface area contributed by atoms with Gasteiger partial charge in [-0.25, -0.2) is 14.8 Å². The van der Waals surface area contributed by atoms with Gasteiger partial charge in [0.05, 0.1) is 17.4 Å². The molecule has 0 saturated carbocycles. The Morgan fingerprint density at radius 1 is 1.43 bits per heavy atom. The first-order valence-corrected chi connectivity index (χ1v) is 7.53. The maximum atomic E-state index is 10.6. The number of halogens is 4. The zero-order valence-corrected chi connectivity index (χ0v) is 13.6. The Hall–Kier alpha value is -1.68. The lowest BCUT2D eigenvalue weighted by Crippen LogP contribution is -2.21. The van der Waals surface area contributed by atoms with Gasteiger partial charge >= 0.3 is 12.1 Å². The van der Waals surface area contributed by atoms with Gasteiger partial charge in [-0.1, -0.05) is 0 Å². The van der Waals surface area contributed by atoms with Crippen molar-refractivity contribution in [3.05, 3.63) is 28.4 Å². The van der Waals surface area contributed by atoms with Gasteiger partial charge in [0.1, 0.15) is 4.60 Å². The van der Waals surface area contributed by atoms with Crippen molar-refractivity contribution in [2.75, 3.05) is 6.54 Å². The Morgan fingerprint density at radius 2 is 2.09 bits per heavy atom. The third kappa shape index (κ3) is 4.41. The number of carboxylic acids is 1. The Kier molecular flexibility index (Phi) is 5.25. The van der Waals surface area contributed by atoms with Gasteiger partial charge in [0, 0.05) is 12.4 Å². The molecule has 126 valence electrons. The van der Waals surface area contributed by atoms with Crippen LogP contribution in [-0.2, 0) is 4.79 Å². The first-order valence-electron chi connectivity index (χ1n) is 6.73. The molecule has 1 saturated heterocycles. The average Bonchev–Trinajstić information content (AvgIpc) is 3.05. The van der Waals surface area contributed by atoms with Crippen LogP contribution in [0.25, 0.3) is 5.65 Å². The average molecular weight is 395 g/mol. The number of aryl methyl sites for hydroxylation is 1. The molecule has 0 bridgehead atoms. The maximum Gasteiger partial charge on any atom is 0.490 e. The van der Waals surface area contributed by atoms with Crippen molar-refractivity contribution in [3.63, 3.8) is 0 Å². The van der Waals surface area contributed by atoms with E-state index in [9.17, 15) is 13.2 Å². The molecular formula is C13H14BrF3N4O2. The van der Waals surface area contributed by atoms with E-state index in [0.717, 1.165) is 28.2 Å². The standard InChI is InChI=1S/C11H13BrN4.C2HF3O2/c1-7-11-15-9(8-3-2-4-13-8)5-16(11)6-10(12)14-7;3-2(4,5)1(6)7/h5-6,8,13H,2-4H2,1H3;(H,6,7)/t8-;/m1./s1. The first-order chi connectivity index (χ1) is 10.7.